The van der Waals surface area contributed by atoms with Crippen LogP contribution < -0.4 is 4.57 Å². The van der Waals surface area contributed by atoms with Crippen LogP contribution in [0.2, 0.25) is 0 Å². The summed E-state index contributed by atoms with van der Waals surface area (Å²) in [6.45, 7) is 10.1. The van der Waals surface area contributed by atoms with Gasteiger partial charge >= 0.3 is 0 Å². The van der Waals surface area contributed by atoms with E-state index in [4.69, 9.17) is 0 Å². The molecule has 0 N–H and O–H groups in total. The molecule has 23 heavy (non-hydrogen) atoms. The van der Waals surface area contributed by atoms with Crippen molar-refractivity contribution in [3.8, 4) is 11.3 Å². The molecule has 0 aliphatic carbocycles. The van der Waals surface area contributed by atoms with E-state index in [-0.39, 0.29) is 5.82 Å². The van der Waals surface area contributed by atoms with Gasteiger partial charge in [-0.25, -0.2) is 4.39 Å². The fraction of sp³-hybridized carbons (Fsp3) is 0.286. The molecule has 1 heterocycles. The van der Waals surface area contributed by atoms with Crippen molar-refractivity contribution >= 4 is 10.9 Å². The second-order valence-corrected chi connectivity index (χ2v) is 6.60. The Labute approximate surface area is 137 Å². The van der Waals surface area contributed by atoms with E-state index >= 15 is 0 Å². The molecule has 118 valence electrons. The van der Waals surface area contributed by atoms with E-state index in [1.54, 1.807) is 0 Å². The van der Waals surface area contributed by atoms with Crippen LogP contribution in [0.4, 0.5) is 4.39 Å². The molecular formula is C21H23FN+. The summed E-state index contributed by atoms with van der Waals surface area (Å²) in [6.07, 6.45) is 0. The Hall–Kier alpha value is -2.22. The Kier molecular flexibility index (Phi) is 3.71. The molecule has 1 aromatic heterocycles. The van der Waals surface area contributed by atoms with Crippen LogP contribution in [0.3, 0.4) is 0 Å². The summed E-state index contributed by atoms with van der Waals surface area (Å²) in [4.78, 5) is 0. The average molecular weight is 308 g/mol. The summed E-state index contributed by atoms with van der Waals surface area (Å²) in [7, 11) is 2.06. The quantitative estimate of drug-likeness (QED) is 0.556. The number of aryl methyl sites for hydroxylation is 5. The van der Waals surface area contributed by atoms with Crippen LogP contribution >= 0.6 is 0 Å². The van der Waals surface area contributed by atoms with Crippen molar-refractivity contribution < 1.29 is 8.96 Å². The number of hydrogen-bond acceptors (Lipinski definition) is 0. The van der Waals surface area contributed by atoms with E-state index in [1.807, 2.05) is 26.0 Å². The lowest BCUT2D eigenvalue weighted by atomic mass is 9.96. The molecule has 0 aliphatic rings. The minimum atomic E-state index is -0.104. The predicted octanol–water partition coefficient (Wildman–Crippen LogP) is 5.01. The number of benzene rings is 2. The average Bonchev–Trinajstić information content (AvgIpc) is 2.50. The minimum absolute atomic E-state index is 0.104. The third kappa shape index (κ3) is 2.42. The zero-order valence-corrected chi connectivity index (χ0v) is 14.7. The Morgan fingerprint density at radius 2 is 1.52 bits per heavy atom. The Balaban J connectivity index is 2.37. The van der Waals surface area contributed by atoms with E-state index in [0.717, 1.165) is 22.2 Å². The van der Waals surface area contributed by atoms with Gasteiger partial charge in [0, 0.05) is 17.7 Å². The van der Waals surface area contributed by atoms with Crippen molar-refractivity contribution in [3.05, 3.63) is 64.0 Å². The molecule has 0 fully saturated rings. The topological polar surface area (TPSA) is 3.88 Å². The number of pyridine rings is 1. The van der Waals surface area contributed by atoms with Gasteiger partial charge in [0.15, 0.2) is 0 Å². The van der Waals surface area contributed by atoms with Gasteiger partial charge in [0.1, 0.15) is 12.9 Å². The molecule has 1 nitrogen and oxygen atoms in total. The van der Waals surface area contributed by atoms with Gasteiger partial charge in [0.05, 0.1) is 5.39 Å². The zero-order chi connectivity index (χ0) is 16.9. The second kappa shape index (κ2) is 5.45. The van der Waals surface area contributed by atoms with Crippen LogP contribution in [0.25, 0.3) is 22.2 Å². The summed E-state index contributed by atoms with van der Waals surface area (Å²) in [5.74, 6) is -0.104. The second-order valence-electron chi connectivity index (χ2n) is 6.60. The highest BCUT2D eigenvalue weighted by atomic mass is 19.1. The van der Waals surface area contributed by atoms with Gasteiger partial charge in [-0.15, -0.1) is 0 Å². The highest BCUT2D eigenvalue weighted by molar-refractivity contribution is 5.82. The SMILES string of the molecule is Cc1cc(C)c(C)c(-c2ccc3c(C)c(F)c(C)cc3[n+]2C)c1. The molecule has 2 heteroatoms. The Morgan fingerprint density at radius 3 is 2.22 bits per heavy atom. The molecule has 0 aliphatic heterocycles. The molecule has 0 unspecified atom stereocenters. The van der Waals surface area contributed by atoms with Crippen LogP contribution in [-0.4, -0.2) is 0 Å². The van der Waals surface area contributed by atoms with E-state index in [1.165, 1.54) is 22.3 Å². The number of halogens is 1. The van der Waals surface area contributed by atoms with Gasteiger partial charge in [-0.05, 0) is 69.0 Å². The summed E-state index contributed by atoms with van der Waals surface area (Å²) in [6, 6.07) is 10.5. The number of aromatic nitrogens is 1. The molecule has 0 spiro atoms. The molecule has 0 atom stereocenters. The number of fused-ring (bicyclic) bond motifs is 1. The van der Waals surface area contributed by atoms with E-state index in [9.17, 15) is 4.39 Å². The van der Waals surface area contributed by atoms with Gasteiger partial charge in [0.25, 0.3) is 0 Å². The standard InChI is InChI=1S/C21H23FN/c1-12-9-13(2)15(4)18(10-12)19-8-7-17-16(5)21(22)14(3)11-20(17)23(19)6/h7-11H,1-6H3/q+1. The lowest BCUT2D eigenvalue weighted by Crippen LogP contribution is -2.32. The van der Waals surface area contributed by atoms with Gasteiger partial charge in [-0.1, -0.05) is 11.6 Å². The maximum atomic E-state index is 14.2. The largest absolute Gasteiger partial charge is 0.213 e. The first-order valence-electron chi connectivity index (χ1n) is 7.98. The van der Waals surface area contributed by atoms with Crippen molar-refractivity contribution in [2.45, 2.75) is 34.6 Å². The predicted molar refractivity (Wildman–Crippen MR) is 94.2 cm³/mol. The first kappa shape index (κ1) is 15.7. The van der Waals surface area contributed by atoms with Crippen molar-refractivity contribution in [2.24, 2.45) is 7.05 Å². The number of hydrogen-bond donors (Lipinski definition) is 0. The Bertz CT molecular complexity index is 939. The molecular weight excluding hydrogens is 285 g/mol. The third-order valence-corrected chi connectivity index (χ3v) is 4.93. The highest BCUT2D eigenvalue weighted by Gasteiger charge is 2.20. The van der Waals surface area contributed by atoms with E-state index < -0.39 is 0 Å². The van der Waals surface area contributed by atoms with Crippen LogP contribution in [0.5, 0.6) is 0 Å². The normalized spacial score (nSPS) is 11.3. The lowest BCUT2D eigenvalue weighted by molar-refractivity contribution is -0.633. The van der Waals surface area contributed by atoms with E-state index in [0.29, 0.717) is 5.56 Å². The summed E-state index contributed by atoms with van der Waals surface area (Å²) in [5.41, 5.74) is 8.73. The minimum Gasteiger partial charge on any atom is -0.206 e. The van der Waals surface area contributed by atoms with Crippen LogP contribution in [0, 0.1) is 40.4 Å². The van der Waals surface area contributed by atoms with Crippen LogP contribution in [0.1, 0.15) is 27.8 Å². The monoisotopic (exact) mass is 308 g/mol. The zero-order valence-electron chi connectivity index (χ0n) is 14.7. The molecule has 2 aromatic carbocycles. The van der Waals surface area contributed by atoms with Crippen molar-refractivity contribution in [1.82, 2.24) is 0 Å². The summed E-state index contributed by atoms with van der Waals surface area (Å²) in [5, 5.41) is 0.973. The van der Waals surface area contributed by atoms with Crippen molar-refractivity contribution in [1.29, 1.82) is 0 Å². The smallest absolute Gasteiger partial charge is 0.206 e. The number of rotatable bonds is 1. The first-order chi connectivity index (χ1) is 10.8. The van der Waals surface area contributed by atoms with Crippen LogP contribution in [0.15, 0.2) is 30.3 Å². The molecule has 3 aromatic rings. The maximum Gasteiger partial charge on any atom is 0.213 e. The maximum absolute atomic E-state index is 14.2. The van der Waals surface area contributed by atoms with Gasteiger partial charge in [-0.2, -0.15) is 4.57 Å². The lowest BCUT2D eigenvalue weighted by Gasteiger charge is -2.12. The van der Waals surface area contributed by atoms with Gasteiger partial charge in [-0.3, -0.25) is 0 Å². The first-order valence-corrected chi connectivity index (χ1v) is 7.98. The fourth-order valence-electron chi connectivity index (χ4n) is 3.42. The molecule has 0 saturated carbocycles. The highest BCUT2D eigenvalue weighted by Crippen LogP contribution is 2.28. The molecule has 0 saturated heterocycles. The number of nitrogens with zero attached hydrogens (tertiary/aromatic N) is 1. The van der Waals surface area contributed by atoms with Crippen LogP contribution in [-0.2, 0) is 7.05 Å². The van der Waals surface area contributed by atoms with Crippen molar-refractivity contribution in [3.63, 3.8) is 0 Å². The molecule has 3 rings (SSSR count). The fourth-order valence-corrected chi connectivity index (χ4v) is 3.42. The van der Waals surface area contributed by atoms with Crippen molar-refractivity contribution in [2.75, 3.05) is 0 Å². The summed E-state index contributed by atoms with van der Waals surface area (Å²) < 4.78 is 16.4. The molecule has 0 amide bonds. The van der Waals surface area contributed by atoms with Gasteiger partial charge < -0.3 is 0 Å². The third-order valence-electron chi connectivity index (χ3n) is 4.93. The van der Waals surface area contributed by atoms with Gasteiger partial charge in [0.2, 0.25) is 11.2 Å². The summed E-state index contributed by atoms with van der Waals surface area (Å²) >= 11 is 0. The molecule has 0 bridgehead atoms. The molecule has 0 radical (unpaired) electrons. The van der Waals surface area contributed by atoms with E-state index in [2.05, 4.69) is 50.6 Å². The Morgan fingerprint density at radius 1 is 0.826 bits per heavy atom.